The molecule has 6 atom stereocenters. The monoisotopic (exact) mass is 531 g/mol. The Kier molecular flexibility index (Phi) is 9.25. The van der Waals surface area contributed by atoms with Crippen molar-refractivity contribution in [2.45, 2.75) is 82.6 Å². The zero-order valence-electron chi connectivity index (χ0n) is 22.5. The minimum Gasteiger partial charge on any atom is -0.460 e. The lowest BCUT2D eigenvalue weighted by Crippen LogP contribution is -2.55. The average Bonchev–Trinajstić information content (AvgIpc) is 3.27. The SMILES string of the molecule is CCCCN1CC=C[C@@]23O[C@H]4/C=C\CCC(=O)NC[C@H](C)OC(=O)[C@H]4[C@@H]2C(=O)N(CCCCCO)[C@H]3C1=O. The largest absolute Gasteiger partial charge is 0.460 e. The number of hydrogen-bond acceptors (Lipinski definition) is 7. The molecule has 4 heterocycles. The molecular formula is C28H41N3O7. The highest BCUT2D eigenvalue weighted by atomic mass is 16.6. The van der Waals surface area contributed by atoms with Crippen molar-refractivity contribution in [1.82, 2.24) is 15.1 Å². The molecule has 2 saturated heterocycles. The molecule has 2 fully saturated rings. The maximum Gasteiger partial charge on any atom is 0.313 e. The third-order valence-electron chi connectivity index (χ3n) is 7.96. The maximum absolute atomic E-state index is 14.1. The molecule has 4 aliphatic rings. The Morgan fingerprint density at radius 3 is 2.66 bits per heavy atom. The third-order valence-corrected chi connectivity index (χ3v) is 7.96. The van der Waals surface area contributed by atoms with E-state index < -0.39 is 41.7 Å². The average molecular weight is 532 g/mol. The first-order valence-electron chi connectivity index (χ1n) is 14.0. The highest BCUT2D eigenvalue weighted by Crippen LogP contribution is 2.53. The van der Waals surface area contributed by atoms with Gasteiger partial charge in [-0.05, 0) is 39.0 Å². The van der Waals surface area contributed by atoms with Gasteiger partial charge in [-0.2, -0.15) is 0 Å². The molecule has 10 heteroatoms. The Hall–Kier alpha value is -2.72. The second-order valence-corrected chi connectivity index (χ2v) is 10.7. The summed E-state index contributed by atoms with van der Waals surface area (Å²) in [7, 11) is 0. The van der Waals surface area contributed by atoms with E-state index in [9.17, 15) is 24.3 Å². The van der Waals surface area contributed by atoms with Gasteiger partial charge in [-0.3, -0.25) is 19.2 Å². The van der Waals surface area contributed by atoms with Crippen LogP contribution in [0.5, 0.6) is 0 Å². The van der Waals surface area contributed by atoms with Crippen molar-refractivity contribution in [1.29, 1.82) is 0 Å². The van der Waals surface area contributed by atoms with Crippen molar-refractivity contribution in [3.05, 3.63) is 24.3 Å². The third kappa shape index (κ3) is 5.52. The highest BCUT2D eigenvalue weighted by Gasteiger charge is 2.71. The van der Waals surface area contributed by atoms with Crippen LogP contribution in [0.1, 0.15) is 58.8 Å². The van der Waals surface area contributed by atoms with Crippen LogP contribution in [0.2, 0.25) is 0 Å². The van der Waals surface area contributed by atoms with Crippen molar-refractivity contribution in [2.24, 2.45) is 11.8 Å². The number of likely N-dealkylation sites (tertiary alicyclic amines) is 1. The van der Waals surface area contributed by atoms with Gasteiger partial charge in [-0.1, -0.05) is 37.6 Å². The van der Waals surface area contributed by atoms with Gasteiger partial charge in [0.15, 0.2) is 0 Å². The summed E-state index contributed by atoms with van der Waals surface area (Å²) in [5.41, 5.74) is -1.29. The number of esters is 1. The quantitative estimate of drug-likeness (QED) is 0.275. The van der Waals surface area contributed by atoms with Gasteiger partial charge in [-0.25, -0.2) is 0 Å². The van der Waals surface area contributed by atoms with Crippen molar-refractivity contribution < 1.29 is 33.8 Å². The van der Waals surface area contributed by atoms with E-state index in [2.05, 4.69) is 12.2 Å². The minimum absolute atomic E-state index is 0.0695. The first-order chi connectivity index (χ1) is 18.3. The van der Waals surface area contributed by atoms with E-state index in [0.29, 0.717) is 38.9 Å². The summed E-state index contributed by atoms with van der Waals surface area (Å²) in [6.07, 6.45) is 10.4. The molecule has 0 saturated carbocycles. The lowest BCUT2D eigenvalue weighted by Gasteiger charge is -2.35. The number of cyclic esters (lactones) is 1. The number of rotatable bonds is 8. The van der Waals surface area contributed by atoms with Crippen LogP contribution in [-0.4, -0.2) is 95.2 Å². The van der Waals surface area contributed by atoms with Crippen LogP contribution in [0.15, 0.2) is 24.3 Å². The predicted octanol–water partition coefficient (Wildman–Crippen LogP) is 1.33. The number of nitrogens with one attached hydrogen (secondary N) is 1. The first kappa shape index (κ1) is 28.3. The summed E-state index contributed by atoms with van der Waals surface area (Å²) in [6, 6.07) is -0.880. The summed E-state index contributed by atoms with van der Waals surface area (Å²) < 4.78 is 12.3. The number of aliphatic hydroxyl groups is 1. The molecule has 0 aliphatic carbocycles. The summed E-state index contributed by atoms with van der Waals surface area (Å²) in [5.74, 6) is -2.95. The zero-order chi connectivity index (χ0) is 27.3. The number of carbonyl (C=O) groups is 4. The predicted molar refractivity (Wildman–Crippen MR) is 139 cm³/mol. The molecule has 0 radical (unpaired) electrons. The molecular weight excluding hydrogens is 490 g/mol. The number of carbonyl (C=O) groups excluding carboxylic acids is 4. The van der Waals surface area contributed by atoms with E-state index in [4.69, 9.17) is 9.47 Å². The van der Waals surface area contributed by atoms with Gasteiger partial charge in [0, 0.05) is 32.7 Å². The summed E-state index contributed by atoms with van der Waals surface area (Å²) in [4.78, 5) is 57.1. The highest BCUT2D eigenvalue weighted by molar-refractivity contribution is 5.99. The van der Waals surface area contributed by atoms with E-state index in [1.165, 1.54) is 0 Å². The Balaban J connectivity index is 1.72. The van der Waals surface area contributed by atoms with Gasteiger partial charge in [0.25, 0.3) is 0 Å². The van der Waals surface area contributed by atoms with Gasteiger partial charge < -0.3 is 29.7 Å². The molecule has 0 unspecified atom stereocenters. The normalized spacial score (nSPS) is 34.4. The number of aliphatic hydroxyl groups excluding tert-OH is 1. The number of fused-ring (bicyclic) bond motifs is 2. The Morgan fingerprint density at radius 1 is 1.08 bits per heavy atom. The van der Waals surface area contributed by atoms with Crippen LogP contribution < -0.4 is 5.32 Å². The molecule has 0 bridgehead atoms. The maximum atomic E-state index is 14.1. The summed E-state index contributed by atoms with van der Waals surface area (Å²) in [5, 5.41) is 12.0. The fourth-order valence-corrected chi connectivity index (χ4v) is 6.07. The number of allylic oxidation sites excluding steroid dienone is 1. The van der Waals surface area contributed by atoms with Gasteiger partial charge in [0.1, 0.15) is 23.7 Å². The Bertz CT molecular complexity index is 966. The second-order valence-electron chi connectivity index (χ2n) is 10.7. The number of hydrogen-bond donors (Lipinski definition) is 2. The van der Waals surface area contributed by atoms with E-state index >= 15 is 0 Å². The first-order valence-corrected chi connectivity index (χ1v) is 14.0. The van der Waals surface area contributed by atoms with Gasteiger partial charge >= 0.3 is 5.97 Å². The molecule has 4 rings (SSSR count). The van der Waals surface area contributed by atoms with Crippen LogP contribution in [-0.2, 0) is 28.7 Å². The Labute approximate surface area is 224 Å². The molecule has 1 spiro atoms. The smallest absolute Gasteiger partial charge is 0.313 e. The minimum atomic E-state index is -1.29. The van der Waals surface area contributed by atoms with E-state index in [1.54, 1.807) is 28.9 Å². The molecule has 38 heavy (non-hydrogen) atoms. The molecule has 4 aliphatic heterocycles. The molecule has 10 nitrogen and oxygen atoms in total. The Morgan fingerprint density at radius 2 is 1.89 bits per heavy atom. The second kappa shape index (κ2) is 12.4. The van der Waals surface area contributed by atoms with Crippen LogP contribution in [0.3, 0.4) is 0 Å². The van der Waals surface area contributed by atoms with E-state index in [0.717, 1.165) is 19.3 Å². The van der Waals surface area contributed by atoms with Gasteiger partial charge in [-0.15, -0.1) is 0 Å². The van der Waals surface area contributed by atoms with Crippen LogP contribution in [0, 0.1) is 11.8 Å². The number of nitrogens with zero attached hydrogens (tertiary/aromatic N) is 2. The number of amides is 3. The summed E-state index contributed by atoms with van der Waals surface area (Å²) in [6.45, 7) is 5.36. The van der Waals surface area contributed by atoms with Crippen molar-refractivity contribution in [2.75, 3.05) is 32.8 Å². The van der Waals surface area contributed by atoms with Crippen LogP contribution >= 0.6 is 0 Å². The van der Waals surface area contributed by atoms with Gasteiger partial charge in [0.05, 0.1) is 18.6 Å². The molecule has 0 aromatic carbocycles. The molecule has 0 aromatic heterocycles. The topological polar surface area (TPSA) is 125 Å². The molecule has 2 N–H and O–H groups in total. The number of ether oxygens (including phenoxy) is 2. The fourth-order valence-electron chi connectivity index (χ4n) is 6.07. The molecule has 0 aromatic rings. The van der Waals surface area contributed by atoms with Crippen LogP contribution in [0.4, 0.5) is 0 Å². The van der Waals surface area contributed by atoms with Crippen molar-refractivity contribution in [3.8, 4) is 0 Å². The lowest BCUT2D eigenvalue weighted by molar-refractivity contribution is -0.158. The van der Waals surface area contributed by atoms with Crippen LogP contribution in [0.25, 0.3) is 0 Å². The van der Waals surface area contributed by atoms with E-state index in [-0.39, 0.29) is 37.3 Å². The van der Waals surface area contributed by atoms with Gasteiger partial charge in [0.2, 0.25) is 17.7 Å². The fraction of sp³-hybridized carbons (Fsp3) is 0.714. The van der Waals surface area contributed by atoms with Crippen molar-refractivity contribution >= 4 is 23.7 Å². The standard InChI is InChI=1S/C28H41N3O7/c1-3-4-14-30-15-10-13-28-23(25(34)31(24(28)26(30)35)16-8-5-9-17-32)22-20(38-28)11-6-7-12-21(33)29-18-19(2)37-27(22)36/h6,10-11,13,19-20,22-24,32H,3-5,7-9,12,14-18H2,1-2H3,(H,29,33)/b11-6-/t19-,20-,22+,23+,24-,28+/m0/s1. The lowest BCUT2D eigenvalue weighted by atomic mass is 9.78. The van der Waals surface area contributed by atoms with Crippen molar-refractivity contribution in [3.63, 3.8) is 0 Å². The molecule has 3 amide bonds. The molecule has 210 valence electrons. The zero-order valence-corrected chi connectivity index (χ0v) is 22.5. The number of unbranched alkanes of at least 4 members (excludes halogenated alkanes) is 3. The summed E-state index contributed by atoms with van der Waals surface area (Å²) >= 11 is 0. The van der Waals surface area contributed by atoms with E-state index in [1.807, 2.05) is 12.2 Å².